The molecule has 30 heavy (non-hydrogen) atoms. The minimum atomic E-state index is 0.0908. The third kappa shape index (κ3) is 3.63. The average molecular weight is 423 g/mol. The smallest absolute Gasteiger partial charge is 0.228 e. The number of hydrogen-bond acceptors (Lipinski definition) is 5. The third-order valence-corrected chi connectivity index (χ3v) is 7.11. The molecular formula is C23H26N4O2S. The zero-order valence-corrected chi connectivity index (χ0v) is 18.0. The molecule has 1 amide bonds. The van der Waals surface area contributed by atoms with E-state index in [1.807, 2.05) is 23.1 Å². The maximum Gasteiger partial charge on any atom is 0.228 e. The van der Waals surface area contributed by atoms with Crippen molar-refractivity contribution in [1.29, 1.82) is 0 Å². The fraction of sp³-hybridized carbons (Fsp3) is 0.391. The Kier molecular flexibility index (Phi) is 5.31. The van der Waals surface area contributed by atoms with Crippen molar-refractivity contribution in [2.45, 2.75) is 25.9 Å². The Bertz CT molecular complexity index is 1020. The number of hydrogen-bond donors (Lipinski definition) is 0. The summed E-state index contributed by atoms with van der Waals surface area (Å²) in [5.41, 5.74) is 3.20. The molecule has 0 N–H and O–H groups in total. The van der Waals surface area contributed by atoms with Crippen molar-refractivity contribution in [1.82, 2.24) is 14.5 Å². The second-order valence-electron chi connectivity index (χ2n) is 7.80. The Labute approximate surface area is 180 Å². The van der Waals surface area contributed by atoms with Crippen molar-refractivity contribution in [2.24, 2.45) is 0 Å². The topological polar surface area (TPSA) is 50.6 Å². The first-order valence-electron chi connectivity index (χ1n) is 10.5. The molecule has 0 unspecified atom stereocenters. The Hall–Kier alpha value is -2.64. The molecule has 2 aliphatic heterocycles. The summed E-state index contributed by atoms with van der Waals surface area (Å²) >= 11 is 1.65. The lowest BCUT2D eigenvalue weighted by molar-refractivity contribution is -0.133. The molecule has 6 nitrogen and oxygen atoms in total. The minimum absolute atomic E-state index is 0.0908. The molecular weight excluding hydrogens is 396 g/mol. The van der Waals surface area contributed by atoms with E-state index in [-0.39, 0.29) is 11.9 Å². The van der Waals surface area contributed by atoms with Gasteiger partial charge in [0.25, 0.3) is 0 Å². The lowest BCUT2D eigenvalue weighted by Gasteiger charge is -2.35. The second-order valence-corrected chi connectivity index (χ2v) is 8.86. The molecule has 0 radical (unpaired) electrons. The van der Waals surface area contributed by atoms with E-state index < -0.39 is 0 Å². The normalized spacial score (nSPS) is 19.0. The molecule has 0 saturated carbocycles. The molecule has 7 heteroatoms. The Morgan fingerprint density at radius 1 is 1.10 bits per heavy atom. The predicted octanol–water partition coefficient (Wildman–Crippen LogP) is 3.59. The number of anilines is 1. The van der Waals surface area contributed by atoms with Crippen molar-refractivity contribution in [3.05, 3.63) is 59.2 Å². The third-order valence-electron chi connectivity index (χ3n) is 5.99. The summed E-state index contributed by atoms with van der Waals surface area (Å²) in [6.45, 7) is 6.85. The van der Waals surface area contributed by atoms with Gasteiger partial charge >= 0.3 is 0 Å². The van der Waals surface area contributed by atoms with Crippen molar-refractivity contribution < 1.29 is 9.53 Å². The lowest BCUT2D eigenvalue weighted by atomic mass is 10.1. The fourth-order valence-corrected chi connectivity index (χ4v) is 5.45. The number of nitrogens with zero attached hydrogens (tertiary/aromatic N) is 4. The summed E-state index contributed by atoms with van der Waals surface area (Å²) in [6.07, 6.45) is 2.48. The zero-order chi connectivity index (χ0) is 20.5. The largest absolute Gasteiger partial charge is 0.378 e. The van der Waals surface area contributed by atoms with Crippen molar-refractivity contribution in [3.8, 4) is 11.3 Å². The second kappa shape index (κ2) is 8.24. The first-order valence-corrected chi connectivity index (χ1v) is 11.3. The van der Waals surface area contributed by atoms with Crippen LogP contribution in [0.4, 0.5) is 5.13 Å². The van der Waals surface area contributed by atoms with Crippen LogP contribution in [0.25, 0.3) is 11.3 Å². The van der Waals surface area contributed by atoms with Crippen LogP contribution in [0.2, 0.25) is 0 Å². The Balaban J connectivity index is 1.43. The highest BCUT2D eigenvalue weighted by Crippen LogP contribution is 2.35. The maximum absolute atomic E-state index is 13.3. The van der Waals surface area contributed by atoms with E-state index in [1.54, 1.807) is 11.3 Å². The quantitative estimate of drug-likeness (QED) is 0.645. The maximum atomic E-state index is 13.3. The van der Waals surface area contributed by atoms with E-state index >= 15 is 0 Å². The first kappa shape index (κ1) is 19.3. The van der Waals surface area contributed by atoms with Crippen LogP contribution < -0.4 is 4.90 Å². The van der Waals surface area contributed by atoms with Gasteiger partial charge in [-0.15, -0.1) is 11.3 Å². The number of thiazole rings is 1. The van der Waals surface area contributed by atoms with Crippen LogP contribution in [0, 0.1) is 0 Å². The number of carbonyl (C=O) groups excluding carboxylic acids is 1. The molecule has 0 bridgehead atoms. The molecule has 156 valence electrons. The van der Waals surface area contributed by atoms with Gasteiger partial charge in [0.15, 0.2) is 5.13 Å². The van der Waals surface area contributed by atoms with Crippen LogP contribution in [0.1, 0.15) is 23.5 Å². The fourth-order valence-electron chi connectivity index (χ4n) is 4.33. The summed E-state index contributed by atoms with van der Waals surface area (Å²) in [7, 11) is 0. The first-order chi connectivity index (χ1) is 14.7. The van der Waals surface area contributed by atoms with Gasteiger partial charge in [-0.1, -0.05) is 30.3 Å². The van der Waals surface area contributed by atoms with E-state index in [0.717, 1.165) is 60.7 Å². The van der Waals surface area contributed by atoms with Gasteiger partial charge in [-0.3, -0.25) is 4.79 Å². The molecule has 4 heterocycles. The van der Waals surface area contributed by atoms with Crippen LogP contribution in [0.3, 0.4) is 0 Å². The molecule has 0 aliphatic carbocycles. The van der Waals surface area contributed by atoms with Gasteiger partial charge in [0.05, 0.1) is 31.4 Å². The molecule has 1 fully saturated rings. The van der Waals surface area contributed by atoms with E-state index in [1.165, 1.54) is 5.69 Å². The van der Waals surface area contributed by atoms with Crippen LogP contribution >= 0.6 is 11.3 Å². The highest BCUT2D eigenvalue weighted by Gasteiger charge is 2.29. The van der Waals surface area contributed by atoms with Crippen LogP contribution in [-0.4, -0.2) is 53.2 Å². The zero-order valence-electron chi connectivity index (χ0n) is 17.2. The summed E-state index contributed by atoms with van der Waals surface area (Å²) in [5.74, 6) is 0.171. The monoisotopic (exact) mass is 422 g/mol. The highest BCUT2D eigenvalue weighted by atomic mass is 32.1. The van der Waals surface area contributed by atoms with Gasteiger partial charge in [0, 0.05) is 48.5 Å². The number of carbonyl (C=O) groups is 1. The molecule has 1 aromatic carbocycles. The standard InChI is InChI=1S/C23H26N4O2S/c1-17-19-8-5-9-25(19)10-11-27(17)21(28)16-20-22(18-6-3-2-4-7-18)24-23(30-20)26-12-14-29-15-13-26/h2-9,17H,10-16H2,1H3/t17-/m1/s1. The van der Waals surface area contributed by atoms with E-state index in [2.05, 4.69) is 46.9 Å². The van der Waals surface area contributed by atoms with Crippen LogP contribution in [-0.2, 0) is 22.5 Å². The Morgan fingerprint density at radius 3 is 2.70 bits per heavy atom. The number of amides is 1. The summed E-state index contributed by atoms with van der Waals surface area (Å²) in [6, 6.07) is 14.5. The van der Waals surface area contributed by atoms with Crippen LogP contribution in [0.15, 0.2) is 48.7 Å². The van der Waals surface area contributed by atoms with E-state index in [0.29, 0.717) is 6.42 Å². The SMILES string of the molecule is C[C@@H]1c2cccn2CCN1C(=O)Cc1sc(N2CCOCC2)nc1-c1ccccc1. The average Bonchev–Trinajstić information content (AvgIpc) is 3.43. The Morgan fingerprint density at radius 2 is 1.90 bits per heavy atom. The highest BCUT2D eigenvalue weighted by molar-refractivity contribution is 7.16. The van der Waals surface area contributed by atoms with Gasteiger partial charge in [-0.2, -0.15) is 0 Å². The van der Waals surface area contributed by atoms with Gasteiger partial charge in [-0.25, -0.2) is 4.98 Å². The number of benzene rings is 1. The molecule has 2 aromatic heterocycles. The number of fused-ring (bicyclic) bond motifs is 1. The molecule has 2 aliphatic rings. The molecule has 3 aromatic rings. The lowest BCUT2D eigenvalue weighted by Crippen LogP contribution is -2.41. The number of aromatic nitrogens is 2. The summed E-state index contributed by atoms with van der Waals surface area (Å²) in [4.78, 5) is 23.6. The van der Waals surface area contributed by atoms with Gasteiger partial charge in [-0.05, 0) is 19.1 Å². The van der Waals surface area contributed by atoms with E-state index in [4.69, 9.17) is 9.72 Å². The van der Waals surface area contributed by atoms with Crippen LogP contribution in [0.5, 0.6) is 0 Å². The summed E-state index contributed by atoms with van der Waals surface area (Å²) < 4.78 is 7.74. The van der Waals surface area contributed by atoms with Crippen molar-refractivity contribution in [3.63, 3.8) is 0 Å². The molecule has 0 spiro atoms. The van der Waals surface area contributed by atoms with Gasteiger partial charge in [0.2, 0.25) is 5.91 Å². The molecule has 1 atom stereocenters. The predicted molar refractivity (Wildman–Crippen MR) is 119 cm³/mol. The molecule has 1 saturated heterocycles. The van der Waals surface area contributed by atoms with Crippen molar-refractivity contribution in [2.75, 3.05) is 37.7 Å². The number of rotatable bonds is 4. The van der Waals surface area contributed by atoms with E-state index in [9.17, 15) is 4.79 Å². The minimum Gasteiger partial charge on any atom is -0.378 e. The van der Waals surface area contributed by atoms with Gasteiger partial charge < -0.3 is 19.1 Å². The number of morpholine rings is 1. The molecule has 5 rings (SSSR count). The van der Waals surface area contributed by atoms with Gasteiger partial charge in [0.1, 0.15) is 0 Å². The van der Waals surface area contributed by atoms with Crippen molar-refractivity contribution >= 4 is 22.4 Å². The summed E-state index contributed by atoms with van der Waals surface area (Å²) in [5, 5.41) is 0.987. The number of ether oxygens (including phenoxy) is 1.